The zero-order chi connectivity index (χ0) is 8.08. The fraction of sp³-hybridized carbons (Fsp3) is 0. The zero-order valence-electron chi connectivity index (χ0n) is 4.00. The SMILES string of the molecule is Cl.[Cl][Bi]([Cl])[Cl].[Cl][Zr]([Cl])([Cl])[Cl]. The van der Waals surface area contributed by atoms with Gasteiger partial charge in [0.05, 0.1) is 0 Å². The molecule has 0 heterocycles. The maximum atomic E-state index is 5.04. The van der Waals surface area contributed by atoms with Gasteiger partial charge < -0.3 is 0 Å². The molecule has 0 aromatic heterocycles. The van der Waals surface area contributed by atoms with Crippen LogP contribution >= 0.6 is 72.0 Å². The average molecular weight is 585 g/mol. The van der Waals surface area contributed by atoms with E-state index >= 15 is 0 Å². The van der Waals surface area contributed by atoms with E-state index in [1.54, 1.807) is 0 Å². The van der Waals surface area contributed by atoms with Crippen LogP contribution in [-0.4, -0.2) is 18.2 Å². The Morgan fingerprint density at radius 3 is 0.800 bits per heavy atom. The molecule has 0 spiro atoms. The summed E-state index contributed by atoms with van der Waals surface area (Å²) < 4.78 is 0. The van der Waals surface area contributed by atoms with Crippen LogP contribution in [0.2, 0.25) is 0 Å². The van der Waals surface area contributed by atoms with Gasteiger partial charge in [-0.25, -0.2) is 0 Å². The van der Waals surface area contributed by atoms with Crippen LogP contribution in [0.3, 0.4) is 0 Å². The Labute approximate surface area is 103 Å². The van der Waals surface area contributed by atoms with E-state index in [0.717, 1.165) is 0 Å². The van der Waals surface area contributed by atoms with Gasteiger partial charge in [0.25, 0.3) is 0 Å². The Bertz CT molecular complexity index is 46.0. The van der Waals surface area contributed by atoms with Gasteiger partial charge in [0, 0.05) is 0 Å². The van der Waals surface area contributed by atoms with Gasteiger partial charge in [-0.15, -0.1) is 12.4 Å². The molecule has 0 radical (unpaired) electrons. The third kappa shape index (κ3) is 89.0. The Kier molecular flexibility index (Phi) is 21.9. The molecule has 0 aromatic rings. The van der Waals surface area contributed by atoms with Crippen LogP contribution in [0.15, 0.2) is 0 Å². The fourth-order valence-electron chi connectivity index (χ4n) is 0. The molecule has 66 valence electrons. The predicted octanol–water partition coefficient (Wildman–Crippen LogP) is 4.87. The molecule has 10 heteroatoms. The van der Waals surface area contributed by atoms with Crippen molar-refractivity contribution in [3.05, 3.63) is 0 Å². The molecule has 0 atom stereocenters. The fourth-order valence-corrected chi connectivity index (χ4v) is 0. The Balaban J connectivity index is -0.0000000910. The Morgan fingerprint density at radius 2 is 0.800 bits per heavy atom. The molecule has 0 fully saturated rings. The molecule has 0 rings (SSSR count). The van der Waals surface area contributed by atoms with Crippen molar-refractivity contribution in [1.82, 2.24) is 0 Å². The molecule has 0 bridgehead atoms. The predicted molar refractivity (Wildman–Crippen MR) is 54.0 cm³/mol. The molecule has 0 saturated carbocycles. The summed E-state index contributed by atoms with van der Waals surface area (Å²) in [7, 11) is 35.2. The summed E-state index contributed by atoms with van der Waals surface area (Å²) in [4.78, 5) is 0. The van der Waals surface area contributed by atoms with E-state index in [1.807, 2.05) is 0 Å². The van der Waals surface area contributed by atoms with Crippen molar-refractivity contribution in [2.24, 2.45) is 0 Å². The standard InChI is InChI=1S/Bi.8ClH.Zr/h;8*1H;/q+3;;;;;;;;;+4/p-7. The monoisotopic (exact) mass is 580 g/mol. The van der Waals surface area contributed by atoms with Crippen LogP contribution in [0.5, 0.6) is 0 Å². The van der Waals surface area contributed by atoms with E-state index in [0.29, 0.717) is 0 Å². The van der Waals surface area contributed by atoms with E-state index in [-0.39, 0.29) is 12.4 Å². The van der Waals surface area contributed by atoms with Crippen molar-refractivity contribution < 1.29 is 15.5 Å². The maximum absolute atomic E-state index is 5.04. The Morgan fingerprint density at radius 1 is 0.800 bits per heavy atom. The van der Waals surface area contributed by atoms with Gasteiger partial charge in [0.1, 0.15) is 0 Å². The first-order chi connectivity index (χ1) is 3.73. The second-order valence-electron chi connectivity index (χ2n) is 0.620. The summed E-state index contributed by atoms with van der Waals surface area (Å²) in [6.45, 7) is 0. The van der Waals surface area contributed by atoms with E-state index in [1.165, 1.54) is 0 Å². The van der Waals surface area contributed by atoms with Crippen LogP contribution in [0.1, 0.15) is 0 Å². The van der Waals surface area contributed by atoms with E-state index in [2.05, 4.69) is 0 Å². The normalized spacial score (nSPS) is 9.60. The van der Waals surface area contributed by atoms with Crippen LogP contribution in [-0.2, 0) is 15.5 Å². The molecule has 0 amide bonds. The van der Waals surface area contributed by atoms with Crippen molar-refractivity contribution >= 4 is 90.2 Å². The second-order valence-corrected chi connectivity index (χ2v) is 38.0. The minimum absolute atomic E-state index is 0. The molecule has 0 unspecified atom stereocenters. The minimum atomic E-state index is -3.29. The quantitative estimate of drug-likeness (QED) is 0.357. The average Bonchev–Trinajstić information content (AvgIpc) is 1.19. The van der Waals surface area contributed by atoms with Gasteiger partial charge in [-0.2, -0.15) is 0 Å². The molecule has 0 saturated heterocycles. The first-order valence-corrected chi connectivity index (χ1v) is 26.8. The van der Waals surface area contributed by atoms with Gasteiger partial charge >= 0.3 is 93.3 Å². The van der Waals surface area contributed by atoms with E-state index in [9.17, 15) is 0 Å². The van der Waals surface area contributed by atoms with E-state index < -0.39 is 33.7 Å². The molecule has 0 aliphatic heterocycles. The van der Waals surface area contributed by atoms with Crippen LogP contribution in [0.25, 0.3) is 0 Å². The third-order valence-electron chi connectivity index (χ3n) is 0. The summed E-state index contributed by atoms with van der Waals surface area (Å²) in [6.07, 6.45) is 0. The van der Waals surface area contributed by atoms with Crippen LogP contribution in [0, 0.1) is 0 Å². The second kappa shape index (κ2) is 11.2. The van der Waals surface area contributed by atoms with Crippen molar-refractivity contribution in [3.8, 4) is 0 Å². The third-order valence-corrected chi connectivity index (χ3v) is 0. The number of hydrogen-bond acceptors (Lipinski definition) is 0. The van der Waals surface area contributed by atoms with E-state index in [4.69, 9.17) is 59.6 Å². The van der Waals surface area contributed by atoms with Crippen molar-refractivity contribution in [2.75, 3.05) is 0 Å². The number of halogens is 8. The first-order valence-electron chi connectivity index (χ1n) is 1.26. The van der Waals surface area contributed by atoms with Crippen LogP contribution in [0.4, 0.5) is 0 Å². The Hall–Kier alpha value is 4.09. The molecule has 0 aromatic carbocycles. The number of rotatable bonds is 0. The van der Waals surface area contributed by atoms with Gasteiger partial charge in [0.15, 0.2) is 0 Å². The first kappa shape index (κ1) is 19.6. The summed E-state index contributed by atoms with van der Waals surface area (Å²) in [5, 5.41) is 0. The van der Waals surface area contributed by atoms with Gasteiger partial charge in [-0.1, -0.05) is 0 Å². The molecule has 0 aliphatic rings. The molecular weight excluding hydrogens is 584 g/mol. The summed E-state index contributed by atoms with van der Waals surface area (Å²) >= 11 is -5.47. The van der Waals surface area contributed by atoms with Crippen molar-refractivity contribution in [2.45, 2.75) is 0 Å². The number of hydrogen-bond donors (Lipinski definition) is 0. The summed E-state index contributed by atoms with van der Waals surface area (Å²) in [5.41, 5.74) is 0. The van der Waals surface area contributed by atoms with Crippen molar-refractivity contribution in [3.63, 3.8) is 0 Å². The van der Waals surface area contributed by atoms with Gasteiger partial charge in [-0.3, -0.25) is 0 Å². The van der Waals surface area contributed by atoms with Gasteiger partial charge in [-0.05, 0) is 0 Å². The zero-order valence-corrected chi connectivity index (χ0v) is 16.0. The molecular formula is HBiCl8Zr. The van der Waals surface area contributed by atoms with Crippen molar-refractivity contribution in [1.29, 1.82) is 0 Å². The molecule has 0 nitrogen and oxygen atoms in total. The summed E-state index contributed by atoms with van der Waals surface area (Å²) in [5.74, 6) is 0. The summed E-state index contributed by atoms with van der Waals surface area (Å²) in [6, 6.07) is 0. The topological polar surface area (TPSA) is 0 Å². The molecule has 0 N–H and O–H groups in total. The molecule has 0 aliphatic carbocycles. The molecule has 10 heavy (non-hydrogen) atoms. The van der Waals surface area contributed by atoms with Gasteiger partial charge in [0.2, 0.25) is 0 Å². The van der Waals surface area contributed by atoms with Crippen LogP contribution < -0.4 is 0 Å².